The fourth-order valence-electron chi connectivity index (χ4n) is 4.06. The van der Waals surface area contributed by atoms with Crippen LogP contribution < -0.4 is 28.2 Å². The molecule has 2 aromatic heterocycles. The van der Waals surface area contributed by atoms with Crippen LogP contribution in [0.5, 0.6) is 11.8 Å². The second-order valence-electron chi connectivity index (χ2n) is 10.5. The maximum atomic E-state index is 6.57. The maximum Gasteiger partial charge on any atom is 1.00 e. The van der Waals surface area contributed by atoms with Gasteiger partial charge in [-0.05, 0) is 53.7 Å². The van der Waals surface area contributed by atoms with Gasteiger partial charge < -0.3 is 27.8 Å². The van der Waals surface area contributed by atoms with Gasteiger partial charge >= 0.3 is 25.8 Å². The van der Waals surface area contributed by atoms with E-state index in [1.807, 2.05) is 101 Å². The molecule has 0 saturated heterocycles. The van der Waals surface area contributed by atoms with Crippen LogP contribution in [0.15, 0.2) is 60.7 Å². The quantitative estimate of drug-likeness (QED) is 0.419. The minimum absolute atomic E-state index is 0. The zero-order valence-corrected chi connectivity index (χ0v) is 21.9. The van der Waals surface area contributed by atoms with Gasteiger partial charge in [-0.25, -0.2) is 0 Å². The van der Waals surface area contributed by atoms with Crippen molar-refractivity contribution in [1.82, 2.24) is 9.13 Å². The van der Waals surface area contributed by atoms with Gasteiger partial charge in [-0.15, -0.1) is 0 Å². The van der Waals surface area contributed by atoms with E-state index in [1.165, 1.54) is 0 Å². The molecule has 0 unspecified atom stereocenters. The summed E-state index contributed by atoms with van der Waals surface area (Å²) in [6, 6.07) is 20.2. The summed E-state index contributed by atoms with van der Waals surface area (Å²) in [5.41, 5.74) is 0.905. The van der Waals surface area contributed by atoms with E-state index in [1.54, 1.807) is 0 Å². The van der Waals surface area contributed by atoms with Crippen LogP contribution in [0.1, 0.15) is 41.5 Å². The Balaban J connectivity index is 0.00000324. The van der Waals surface area contributed by atoms with Crippen molar-refractivity contribution in [1.29, 1.82) is 0 Å². The van der Waals surface area contributed by atoms with Crippen molar-refractivity contribution in [2.75, 3.05) is 0 Å². The first-order chi connectivity index (χ1) is 15.4. The van der Waals surface area contributed by atoms with Gasteiger partial charge in [-0.2, -0.15) is 0 Å². The number of aromatic nitrogens is 2. The van der Waals surface area contributed by atoms with Gasteiger partial charge in [-0.1, -0.05) is 36.4 Å². The number of para-hydroxylation sites is 2. The topological polar surface area (TPSA) is 46.8 Å². The molecule has 0 aliphatic carbocycles. The third-order valence-corrected chi connectivity index (χ3v) is 5.34. The summed E-state index contributed by atoms with van der Waals surface area (Å²) in [7, 11) is 3.92. The Morgan fingerprint density at radius 3 is 1.29 bits per heavy atom. The predicted octanol–water partition coefficient (Wildman–Crippen LogP) is 3.20. The van der Waals surface area contributed by atoms with Gasteiger partial charge in [0.05, 0.1) is 11.0 Å². The van der Waals surface area contributed by atoms with Crippen LogP contribution in [-0.2, 0) is 23.4 Å². The smallest absolute Gasteiger partial charge is 0.622 e. The second-order valence-corrected chi connectivity index (χ2v) is 10.5. The van der Waals surface area contributed by atoms with Gasteiger partial charge in [0.2, 0.25) is 0 Å². The van der Waals surface area contributed by atoms with E-state index in [2.05, 4.69) is 24.3 Å². The summed E-state index contributed by atoms with van der Waals surface area (Å²) in [6.07, 6.45) is 0. The molecule has 2 aromatic carbocycles. The summed E-state index contributed by atoms with van der Waals surface area (Å²) in [5.74, 6) is 1.20. The molecule has 0 fully saturated rings. The summed E-state index contributed by atoms with van der Waals surface area (Å²) < 4.78 is 30.1. The number of benzene rings is 2. The summed E-state index contributed by atoms with van der Waals surface area (Å²) in [5, 5.41) is 2.13. The Bertz CT molecular complexity index is 1180. The second kappa shape index (κ2) is 9.39. The summed E-state index contributed by atoms with van der Waals surface area (Å²) in [4.78, 5) is 0. The average molecular weight is 456 g/mol. The molecular formula is C26H34BLiN2O4. The fourth-order valence-corrected chi connectivity index (χ4v) is 4.06. The molecule has 0 atom stereocenters. The van der Waals surface area contributed by atoms with Crippen LogP contribution in [0.4, 0.5) is 0 Å². The SMILES string of the molecule is Cn1c(O[B-](Oc2cc3ccccc3n2C)(OC(C)(C)C)OC(C)(C)C)cc2ccccc21.[Li+]. The average Bonchev–Trinajstić information content (AvgIpc) is 3.16. The van der Waals surface area contributed by atoms with Gasteiger partial charge in [-0.3, -0.25) is 0 Å². The molecule has 2 heterocycles. The van der Waals surface area contributed by atoms with Crippen LogP contribution in [0, 0.1) is 0 Å². The monoisotopic (exact) mass is 456 g/mol. The molecule has 0 aliphatic rings. The van der Waals surface area contributed by atoms with E-state index in [-0.39, 0.29) is 18.9 Å². The number of rotatable bonds is 6. The molecule has 0 bridgehead atoms. The number of hydrogen-bond donors (Lipinski definition) is 0. The van der Waals surface area contributed by atoms with E-state index in [0.717, 1.165) is 21.8 Å². The zero-order chi connectivity index (χ0) is 24.0. The van der Waals surface area contributed by atoms with Crippen LogP contribution in [0.2, 0.25) is 0 Å². The molecule has 4 rings (SSSR count). The van der Waals surface area contributed by atoms with Gasteiger partial charge in [0.15, 0.2) is 11.8 Å². The normalized spacial score (nSPS) is 12.7. The zero-order valence-electron chi connectivity index (χ0n) is 21.9. The van der Waals surface area contributed by atoms with Crippen molar-refractivity contribution in [3.8, 4) is 11.8 Å². The maximum absolute atomic E-state index is 6.57. The molecule has 8 heteroatoms. The van der Waals surface area contributed by atoms with E-state index >= 15 is 0 Å². The Morgan fingerprint density at radius 1 is 0.618 bits per heavy atom. The molecule has 0 radical (unpaired) electrons. The molecule has 6 nitrogen and oxygen atoms in total. The standard InChI is InChI=1S/C26H34BN2O4.Li/c1-25(2,3)32-27(33-26(4,5)6,30-23-17-19-13-9-11-15-21(19)28(23)7)31-24-18-20-14-10-12-16-22(20)29(24)8;/h9-18H,1-8H3;/q-1;+1. The van der Waals surface area contributed by atoms with E-state index in [9.17, 15) is 0 Å². The van der Waals surface area contributed by atoms with Crippen LogP contribution in [0.25, 0.3) is 21.8 Å². The molecule has 0 spiro atoms. The molecule has 176 valence electrons. The first-order valence-corrected chi connectivity index (χ1v) is 11.4. The third kappa shape index (κ3) is 5.67. The van der Waals surface area contributed by atoms with E-state index in [4.69, 9.17) is 18.6 Å². The number of hydrogen-bond acceptors (Lipinski definition) is 4. The first kappa shape index (κ1) is 26.3. The predicted molar refractivity (Wildman–Crippen MR) is 135 cm³/mol. The summed E-state index contributed by atoms with van der Waals surface area (Å²) in [6.45, 7) is 9.07. The van der Waals surface area contributed by atoms with Crippen molar-refractivity contribution in [3.05, 3.63) is 60.7 Å². The van der Waals surface area contributed by atoms with E-state index < -0.39 is 18.2 Å². The molecule has 4 aromatic rings. The Hall–Kier alpha value is -2.30. The fraction of sp³-hybridized carbons (Fsp3) is 0.385. The van der Waals surface area contributed by atoms with E-state index in [0.29, 0.717) is 11.8 Å². The van der Waals surface area contributed by atoms with Crippen molar-refractivity contribution in [2.45, 2.75) is 52.7 Å². The number of fused-ring (bicyclic) bond motifs is 2. The van der Waals surface area contributed by atoms with Crippen LogP contribution in [-0.4, -0.2) is 27.3 Å². The Labute approximate surface area is 214 Å². The molecule has 0 saturated carbocycles. The number of aryl methyl sites for hydroxylation is 2. The third-order valence-electron chi connectivity index (χ3n) is 5.34. The van der Waals surface area contributed by atoms with Crippen LogP contribution in [0.3, 0.4) is 0 Å². The minimum Gasteiger partial charge on any atom is -0.622 e. The van der Waals surface area contributed by atoms with Crippen molar-refractivity contribution >= 4 is 28.8 Å². The Morgan fingerprint density at radius 2 is 0.971 bits per heavy atom. The number of nitrogens with zero attached hydrogens (tertiary/aromatic N) is 2. The van der Waals surface area contributed by atoms with Crippen molar-refractivity contribution < 1.29 is 37.5 Å². The molecule has 0 N–H and O–H groups in total. The summed E-state index contributed by atoms with van der Waals surface area (Å²) >= 11 is 0. The molecule has 0 amide bonds. The first-order valence-electron chi connectivity index (χ1n) is 11.4. The van der Waals surface area contributed by atoms with Crippen molar-refractivity contribution in [3.63, 3.8) is 0 Å². The largest absolute Gasteiger partial charge is 1.00 e. The van der Waals surface area contributed by atoms with Crippen LogP contribution >= 0.6 is 0 Å². The van der Waals surface area contributed by atoms with Gasteiger partial charge in [0.25, 0.3) is 0 Å². The molecule has 34 heavy (non-hydrogen) atoms. The Kier molecular flexibility index (Phi) is 7.27. The van der Waals surface area contributed by atoms with Gasteiger partial charge in [0.1, 0.15) is 0 Å². The molecule has 0 aliphatic heterocycles. The minimum atomic E-state index is -2.71. The van der Waals surface area contributed by atoms with Crippen molar-refractivity contribution in [2.24, 2.45) is 14.1 Å². The van der Waals surface area contributed by atoms with Gasteiger partial charge in [0, 0.05) is 48.2 Å². The molecular weight excluding hydrogens is 422 g/mol.